The molecule has 0 aromatic heterocycles. The summed E-state index contributed by atoms with van der Waals surface area (Å²) in [5.41, 5.74) is -1.64. The predicted octanol–water partition coefficient (Wildman–Crippen LogP) is 1.88. The first-order valence-electron chi connectivity index (χ1n) is 6.33. The van der Waals surface area contributed by atoms with E-state index in [1.54, 1.807) is 0 Å². The van der Waals surface area contributed by atoms with Gasteiger partial charge in [0.1, 0.15) is 5.54 Å². The minimum Gasteiger partial charge on any atom is -0.465 e. The topological polar surface area (TPSA) is 47.6 Å². The van der Waals surface area contributed by atoms with E-state index < -0.39 is 11.1 Å². The van der Waals surface area contributed by atoms with Crippen molar-refractivity contribution in [1.29, 1.82) is 0 Å². The zero-order valence-electron chi connectivity index (χ0n) is 11.8. The molecule has 4 heteroatoms. The number of nitrogens with one attached hydrogen (secondary N) is 1. The summed E-state index contributed by atoms with van der Waals surface area (Å²) in [5.74, 6) is -0.211. The Kier molecular flexibility index (Phi) is 3.89. The molecule has 0 aromatic carbocycles. The summed E-state index contributed by atoms with van der Waals surface area (Å²) in [6, 6.07) is 0. The molecule has 1 aliphatic heterocycles. The van der Waals surface area contributed by atoms with E-state index in [1.165, 1.54) is 0 Å². The largest absolute Gasteiger partial charge is 0.465 e. The molecule has 1 heterocycles. The van der Waals surface area contributed by atoms with E-state index in [4.69, 9.17) is 9.47 Å². The van der Waals surface area contributed by atoms with Gasteiger partial charge in [0.05, 0.1) is 17.8 Å². The molecule has 0 bridgehead atoms. The lowest BCUT2D eigenvalue weighted by Gasteiger charge is -2.37. The van der Waals surface area contributed by atoms with E-state index in [9.17, 15) is 4.79 Å². The van der Waals surface area contributed by atoms with E-state index in [-0.39, 0.29) is 11.6 Å². The summed E-state index contributed by atoms with van der Waals surface area (Å²) >= 11 is 0. The standard InChI is InChI=1S/C13H25NO3/c1-7-14-13(10(15)16-8-2)9-11(3,4)17-12(13,5)6/h14H,7-9H2,1-6H3. The van der Waals surface area contributed by atoms with Crippen molar-refractivity contribution < 1.29 is 14.3 Å². The Morgan fingerprint density at radius 3 is 2.24 bits per heavy atom. The zero-order chi connectivity index (χ0) is 13.3. The summed E-state index contributed by atoms with van der Waals surface area (Å²) < 4.78 is 11.2. The van der Waals surface area contributed by atoms with Gasteiger partial charge >= 0.3 is 5.97 Å². The third kappa shape index (κ3) is 2.47. The van der Waals surface area contributed by atoms with Crippen LogP contribution in [0.1, 0.15) is 48.0 Å². The maximum absolute atomic E-state index is 12.3. The van der Waals surface area contributed by atoms with Crippen LogP contribution in [-0.2, 0) is 14.3 Å². The Morgan fingerprint density at radius 1 is 1.29 bits per heavy atom. The molecule has 1 aliphatic rings. The Balaban J connectivity index is 3.10. The SMILES string of the molecule is CCNC1(C(=O)OCC)CC(C)(C)OC1(C)C. The van der Waals surface area contributed by atoms with Crippen molar-refractivity contribution >= 4 is 5.97 Å². The van der Waals surface area contributed by atoms with E-state index in [0.717, 1.165) is 0 Å². The molecule has 4 nitrogen and oxygen atoms in total. The van der Waals surface area contributed by atoms with E-state index in [1.807, 2.05) is 41.5 Å². The molecule has 1 N–H and O–H groups in total. The van der Waals surface area contributed by atoms with Gasteiger partial charge < -0.3 is 9.47 Å². The number of carbonyl (C=O) groups is 1. The molecule has 1 rings (SSSR count). The van der Waals surface area contributed by atoms with Gasteiger partial charge in [-0.15, -0.1) is 0 Å². The highest BCUT2D eigenvalue weighted by molar-refractivity contribution is 5.83. The van der Waals surface area contributed by atoms with Crippen LogP contribution < -0.4 is 5.32 Å². The van der Waals surface area contributed by atoms with Crippen molar-refractivity contribution in [1.82, 2.24) is 5.32 Å². The smallest absolute Gasteiger partial charge is 0.329 e. The Morgan fingerprint density at radius 2 is 1.88 bits per heavy atom. The lowest BCUT2D eigenvalue weighted by molar-refractivity contribution is -0.159. The van der Waals surface area contributed by atoms with Gasteiger partial charge in [-0.3, -0.25) is 5.32 Å². The third-order valence-corrected chi connectivity index (χ3v) is 3.35. The second kappa shape index (κ2) is 4.58. The zero-order valence-corrected chi connectivity index (χ0v) is 11.8. The average Bonchev–Trinajstić information content (AvgIpc) is 2.33. The van der Waals surface area contributed by atoms with Crippen LogP contribution in [0.4, 0.5) is 0 Å². The molecule has 0 spiro atoms. The monoisotopic (exact) mass is 243 g/mol. The molecule has 1 saturated heterocycles. The average molecular weight is 243 g/mol. The first-order chi connectivity index (χ1) is 7.71. The van der Waals surface area contributed by atoms with Crippen LogP contribution in [0.15, 0.2) is 0 Å². The third-order valence-electron chi connectivity index (χ3n) is 3.35. The number of carbonyl (C=O) groups excluding carboxylic acids is 1. The van der Waals surface area contributed by atoms with E-state index in [0.29, 0.717) is 19.6 Å². The van der Waals surface area contributed by atoms with E-state index in [2.05, 4.69) is 5.32 Å². The quantitative estimate of drug-likeness (QED) is 0.766. The summed E-state index contributed by atoms with van der Waals surface area (Å²) in [6.45, 7) is 12.8. The summed E-state index contributed by atoms with van der Waals surface area (Å²) in [6.07, 6.45) is 0.625. The van der Waals surface area contributed by atoms with Crippen molar-refractivity contribution in [3.63, 3.8) is 0 Å². The molecule has 1 fully saturated rings. The minimum atomic E-state index is -0.749. The van der Waals surface area contributed by atoms with Crippen molar-refractivity contribution in [3.05, 3.63) is 0 Å². The number of rotatable bonds is 4. The predicted molar refractivity (Wildman–Crippen MR) is 66.9 cm³/mol. The lowest BCUT2D eigenvalue weighted by Crippen LogP contribution is -2.63. The lowest BCUT2D eigenvalue weighted by atomic mass is 9.79. The molecule has 0 amide bonds. The van der Waals surface area contributed by atoms with Crippen LogP contribution in [0, 0.1) is 0 Å². The molecule has 0 aromatic rings. The van der Waals surface area contributed by atoms with Gasteiger partial charge in [0.25, 0.3) is 0 Å². The minimum absolute atomic E-state index is 0.211. The molecule has 0 radical (unpaired) electrons. The molecule has 0 saturated carbocycles. The van der Waals surface area contributed by atoms with Crippen molar-refractivity contribution in [2.75, 3.05) is 13.2 Å². The summed E-state index contributed by atoms with van der Waals surface area (Å²) in [5, 5.41) is 3.29. The fraction of sp³-hybridized carbons (Fsp3) is 0.923. The normalized spacial score (nSPS) is 30.2. The number of hydrogen-bond donors (Lipinski definition) is 1. The van der Waals surface area contributed by atoms with Crippen molar-refractivity contribution in [2.45, 2.75) is 64.7 Å². The Labute approximate surface area is 104 Å². The highest BCUT2D eigenvalue weighted by Gasteiger charge is 2.62. The second-order valence-electron chi connectivity index (χ2n) is 5.70. The van der Waals surface area contributed by atoms with Crippen molar-refractivity contribution in [2.24, 2.45) is 0 Å². The molecular formula is C13H25NO3. The van der Waals surface area contributed by atoms with Crippen LogP contribution in [-0.4, -0.2) is 35.9 Å². The highest BCUT2D eigenvalue weighted by atomic mass is 16.6. The fourth-order valence-electron chi connectivity index (χ4n) is 2.89. The maximum Gasteiger partial charge on any atom is 0.329 e. The van der Waals surface area contributed by atoms with E-state index >= 15 is 0 Å². The molecule has 17 heavy (non-hydrogen) atoms. The van der Waals surface area contributed by atoms with Crippen LogP contribution in [0.25, 0.3) is 0 Å². The number of ether oxygens (including phenoxy) is 2. The van der Waals surface area contributed by atoms with Crippen LogP contribution in [0.3, 0.4) is 0 Å². The van der Waals surface area contributed by atoms with Gasteiger partial charge in [0, 0.05) is 6.42 Å². The molecule has 0 aliphatic carbocycles. The maximum atomic E-state index is 12.3. The van der Waals surface area contributed by atoms with Gasteiger partial charge in [-0.05, 0) is 41.2 Å². The molecular weight excluding hydrogens is 218 g/mol. The number of esters is 1. The first-order valence-corrected chi connectivity index (χ1v) is 6.33. The van der Waals surface area contributed by atoms with Crippen LogP contribution in [0.5, 0.6) is 0 Å². The Bertz CT molecular complexity index is 299. The number of hydrogen-bond acceptors (Lipinski definition) is 4. The van der Waals surface area contributed by atoms with Gasteiger partial charge in [-0.2, -0.15) is 0 Å². The fourth-order valence-corrected chi connectivity index (χ4v) is 2.89. The van der Waals surface area contributed by atoms with Gasteiger partial charge in [0.15, 0.2) is 0 Å². The van der Waals surface area contributed by atoms with Gasteiger partial charge in [-0.1, -0.05) is 6.92 Å². The van der Waals surface area contributed by atoms with Gasteiger partial charge in [0.2, 0.25) is 0 Å². The Hall–Kier alpha value is -0.610. The van der Waals surface area contributed by atoms with Crippen molar-refractivity contribution in [3.8, 4) is 0 Å². The second-order valence-corrected chi connectivity index (χ2v) is 5.70. The summed E-state index contributed by atoms with van der Waals surface area (Å²) in [7, 11) is 0. The highest BCUT2D eigenvalue weighted by Crippen LogP contribution is 2.45. The molecule has 100 valence electrons. The molecule has 1 unspecified atom stereocenters. The van der Waals surface area contributed by atoms with Gasteiger partial charge in [-0.25, -0.2) is 4.79 Å². The summed E-state index contributed by atoms with van der Waals surface area (Å²) in [4.78, 5) is 12.3. The number of likely N-dealkylation sites (N-methyl/N-ethyl adjacent to an activating group) is 1. The van der Waals surface area contributed by atoms with Crippen LogP contribution >= 0.6 is 0 Å². The van der Waals surface area contributed by atoms with Crippen LogP contribution in [0.2, 0.25) is 0 Å². The molecule has 1 atom stereocenters. The first kappa shape index (κ1) is 14.5.